The molecule has 2 atom stereocenters. The van der Waals surface area contributed by atoms with Gasteiger partial charge in [-0.1, -0.05) is 6.92 Å². The number of nitrogens with zero attached hydrogens (tertiary/aromatic N) is 2. The smallest absolute Gasteiger partial charge is 0.254 e. The van der Waals surface area contributed by atoms with Crippen molar-refractivity contribution < 1.29 is 17.6 Å². The second kappa shape index (κ2) is 5.90. The Balaban J connectivity index is 1.93. The van der Waals surface area contributed by atoms with Crippen molar-refractivity contribution in [2.24, 2.45) is 11.7 Å². The summed E-state index contributed by atoms with van der Waals surface area (Å²) in [7, 11) is -3.12. The molecule has 1 aromatic carbocycles. The maximum Gasteiger partial charge on any atom is 0.254 e. The zero-order valence-electron chi connectivity index (χ0n) is 12.9. The minimum atomic E-state index is -3.12. The molecule has 128 valence electrons. The van der Waals surface area contributed by atoms with Crippen LogP contribution in [0.2, 0.25) is 0 Å². The van der Waals surface area contributed by atoms with Gasteiger partial charge in [0.1, 0.15) is 11.4 Å². The van der Waals surface area contributed by atoms with Gasteiger partial charge in [-0.15, -0.1) is 0 Å². The highest BCUT2D eigenvalue weighted by Gasteiger charge is 2.37. The van der Waals surface area contributed by atoms with Crippen LogP contribution in [-0.2, 0) is 9.84 Å². The van der Waals surface area contributed by atoms with Gasteiger partial charge in [-0.05, 0) is 30.2 Å². The predicted octanol–water partition coefficient (Wildman–Crippen LogP) is 1.47. The second-order valence-electron chi connectivity index (χ2n) is 5.99. The van der Waals surface area contributed by atoms with E-state index < -0.39 is 15.7 Å². The molecule has 3 N–H and O–H groups in total. The molecule has 1 aliphatic rings. The fourth-order valence-corrected chi connectivity index (χ4v) is 5.01. The van der Waals surface area contributed by atoms with Crippen molar-refractivity contribution in [1.82, 2.24) is 9.78 Å². The molecule has 0 radical (unpaired) electrons. The number of benzene rings is 1. The Morgan fingerprint density at radius 3 is 2.54 bits per heavy atom. The lowest BCUT2D eigenvalue weighted by atomic mass is 10.1. The van der Waals surface area contributed by atoms with E-state index in [1.807, 2.05) is 6.92 Å². The number of carbonyl (C=O) groups is 1. The van der Waals surface area contributed by atoms with Crippen LogP contribution in [0.1, 0.15) is 23.3 Å². The molecule has 7 nitrogen and oxygen atoms in total. The number of hydrogen-bond donors (Lipinski definition) is 2. The zero-order chi connectivity index (χ0) is 17.5. The van der Waals surface area contributed by atoms with Gasteiger partial charge >= 0.3 is 0 Å². The van der Waals surface area contributed by atoms with Gasteiger partial charge in [0.2, 0.25) is 0 Å². The Bertz CT molecular complexity index is 877. The van der Waals surface area contributed by atoms with Crippen molar-refractivity contribution in [3.8, 4) is 0 Å². The summed E-state index contributed by atoms with van der Waals surface area (Å²) in [6, 6.07) is 5.20. The molecule has 2 heterocycles. The predicted molar refractivity (Wildman–Crippen MR) is 87.3 cm³/mol. The molecule has 1 amide bonds. The number of nitrogens with one attached hydrogen (secondary N) is 1. The van der Waals surface area contributed by atoms with Crippen LogP contribution < -0.4 is 11.1 Å². The Hall–Kier alpha value is -2.42. The van der Waals surface area contributed by atoms with Gasteiger partial charge in [-0.2, -0.15) is 5.10 Å². The van der Waals surface area contributed by atoms with Crippen molar-refractivity contribution in [2.75, 3.05) is 16.8 Å². The second-order valence-corrected chi connectivity index (χ2v) is 8.14. The molecule has 0 aliphatic carbocycles. The van der Waals surface area contributed by atoms with Crippen molar-refractivity contribution in [2.45, 2.75) is 13.0 Å². The first-order valence-electron chi connectivity index (χ1n) is 7.37. The van der Waals surface area contributed by atoms with E-state index >= 15 is 0 Å². The standard InChI is InChI=1S/C15H17FN4O3S/c1-9-7-24(22,23)8-13(9)20-6-12(14(17)21)15(19-20)18-11-4-2-10(16)3-5-11/h2-6,9,13H,7-8H2,1H3,(H2,17,21)(H,18,19)/t9-,13-/m0/s1. The van der Waals surface area contributed by atoms with Gasteiger partial charge < -0.3 is 11.1 Å². The average molecular weight is 352 g/mol. The Morgan fingerprint density at radius 1 is 1.33 bits per heavy atom. The Labute approximate surface area is 138 Å². The largest absolute Gasteiger partial charge is 0.365 e. The number of amides is 1. The van der Waals surface area contributed by atoms with E-state index in [1.165, 1.54) is 35.1 Å². The van der Waals surface area contributed by atoms with Gasteiger partial charge in [-0.3, -0.25) is 9.48 Å². The van der Waals surface area contributed by atoms with Gasteiger partial charge in [0.05, 0.1) is 17.5 Å². The first kappa shape index (κ1) is 16.4. The molecule has 0 bridgehead atoms. The Morgan fingerprint density at radius 2 is 2.00 bits per heavy atom. The summed E-state index contributed by atoms with van der Waals surface area (Å²) in [4.78, 5) is 11.7. The first-order chi connectivity index (χ1) is 11.2. The molecule has 0 saturated carbocycles. The minimum absolute atomic E-state index is 0.0238. The molecule has 1 fully saturated rings. The van der Waals surface area contributed by atoms with Crippen molar-refractivity contribution in [3.05, 3.63) is 41.8 Å². The normalized spacial score (nSPS) is 22.4. The van der Waals surface area contributed by atoms with Gasteiger partial charge in [0.15, 0.2) is 15.7 Å². The van der Waals surface area contributed by atoms with Crippen molar-refractivity contribution in [1.29, 1.82) is 0 Å². The highest BCUT2D eigenvalue weighted by atomic mass is 32.2. The van der Waals surface area contributed by atoms with E-state index in [0.717, 1.165) is 0 Å². The van der Waals surface area contributed by atoms with E-state index in [1.54, 1.807) is 0 Å². The first-order valence-corrected chi connectivity index (χ1v) is 9.19. The maximum absolute atomic E-state index is 13.0. The summed E-state index contributed by atoms with van der Waals surface area (Å²) < 4.78 is 38.0. The van der Waals surface area contributed by atoms with Crippen molar-refractivity contribution in [3.63, 3.8) is 0 Å². The number of primary amides is 1. The van der Waals surface area contributed by atoms with E-state index in [-0.39, 0.29) is 40.7 Å². The summed E-state index contributed by atoms with van der Waals surface area (Å²) >= 11 is 0. The summed E-state index contributed by atoms with van der Waals surface area (Å²) in [6.07, 6.45) is 1.45. The molecule has 2 aromatic rings. The molecule has 9 heteroatoms. The number of aromatic nitrogens is 2. The van der Waals surface area contributed by atoms with E-state index in [0.29, 0.717) is 5.69 Å². The average Bonchev–Trinajstić information content (AvgIpc) is 3.02. The third-order valence-electron chi connectivity index (χ3n) is 4.04. The lowest BCUT2D eigenvalue weighted by molar-refractivity contribution is 0.100. The number of hydrogen-bond acceptors (Lipinski definition) is 5. The summed E-state index contributed by atoms with van der Waals surface area (Å²) in [5.41, 5.74) is 6.07. The molecule has 24 heavy (non-hydrogen) atoms. The molecular formula is C15H17FN4O3S. The molecule has 1 aliphatic heterocycles. The molecule has 0 unspecified atom stereocenters. The minimum Gasteiger partial charge on any atom is -0.365 e. The summed E-state index contributed by atoms with van der Waals surface area (Å²) in [5, 5.41) is 7.21. The molecule has 1 saturated heterocycles. The molecule has 0 spiro atoms. The fourth-order valence-electron chi connectivity index (χ4n) is 2.85. The van der Waals surface area contributed by atoms with Crippen LogP contribution in [-0.4, -0.2) is 35.6 Å². The number of anilines is 2. The summed E-state index contributed by atoms with van der Waals surface area (Å²) in [6.45, 7) is 1.83. The van der Waals surface area contributed by atoms with Crippen LogP contribution in [0.5, 0.6) is 0 Å². The molecule has 3 rings (SSSR count). The number of halogens is 1. The highest BCUT2D eigenvalue weighted by molar-refractivity contribution is 7.91. The van der Waals surface area contributed by atoms with Gasteiger partial charge in [-0.25, -0.2) is 12.8 Å². The van der Waals surface area contributed by atoms with Crippen LogP contribution >= 0.6 is 0 Å². The number of sulfone groups is 1. The highest BCUT2D eigenvalue weighted by Crippen LogP contribution is 2.31. The number of nitrogens with two attached hydrogens (primary N) is 1. The van der Waals surface area contributed by atoms with E-state index in [9.17, 15) is 17.6 Å². The number of carbonyl (C=O) groups excluding carboxylic acids is 1. The monoisotopic (exact) mass is 352 g/mol. The van der Waals surface area contributed by atoms with Crippen molar-refractivity contribution >= 4 is 27.2 Å². The molecular weight excluding hydrogens is 335 g/mol. The molecule has 1 aromatic heterocycles. The fraction of sp³-hybridized carbons (Fsp3) is 0.333. The zero-order valence-corrected chi connectivity index (χ0v) is 13.8. The van der Waals surface area contributed by atoms with E-state index in [2.05, 4.69) is 10.4 Å². The van der Waals surface area contributed by atoms with Crippen LogP contribution in [0.4, 0.5) is 15.9 Å². The Kier molecular flexibility index (Phi) is 4.04. The van der Waals surface area contributed by atoms with Crippen LogP contribution in [0, 0.1) is 11.7 Å². The van der Waals surface area contributed by atoms with Crippen LogP contribution in [0.3, 0.4) is 0 Å². The topological polar surface area (TPSA) is 107 Å². The van der Waals surface area contributed by atoms with Gasteiger partial charge in [0, 0.05) is 11.9 Å². The lowest BCUT2D eigenvalue weighted by Gasteiger charge is -2.13. The lowest BCUT2D eigenvalue weighted by Crippen LogP contribution is -2.16. The van der Waals surface area contributed by atoms with Gasteiger partial charge in [0.25, 0.3) is 5.91 Å². The quantitative estimate of drug-likeness (QED) is 0.866. The number of rotatable bonds is 4. The third kappa shape index (κ3) is 3.25. The maximum atomic E-state index is 13.0. The van der Waals surface area contributed by atoms with Crippen LogP contribution in [0.25, 0.3) is 0 Å². The summed E-state index contributed by atoms with van der Waals surface area (Å²) in [5.74, 6) is -0.903. The third-order valence-corrected chi connectivity index (χ3v) is 5.93. The van der Waals surface area contributed by atoms with Crippen LogP contribution in [0.15, 0.2) is 30.5 Å². The SMILES string of the molecule is C[C@H]1CS(=O)(=O)C[C@@H]1n1cc(C(N)=O)c(Nc2ccc(F)cc2)n1. The van der Waals surface area contributed by atoms with E-state index in [4.69, 9.17) is 5.73 Å².